The van der Waals surface area contributed by atoms with Crippen molar-refractivity contribution in [1.82, 2.24) is 0 Å². The van der Waals surface area contributed by atoms with E-state index in [1.54, 1.807) is 24.3 Å². The van der Waals surface area contributed by atoms with Gasteiger partial charge in [-0.3, -0.25) is 0 Å². The van der Waals surface area contributed by atoms with Gasteiger partial charge in [-0.15, -0.1) is 0 Å². The zero-order chi connectivity index (χ0) is 15.9. The molecule has 0 aliphatic rings. The van der Waals surface area contributed by atoms with E-state index in [0.29, 0.717) is 11.1 Å². The van der Waals surface area contributed by atoms with E-state index in [0.717, 1.165) is 0 Å². The molecule has 0 atom stereocenters. The summed E-state index contributed by atoms with van der Waals surface area (Å²) in [5, 5.41) is 8.95. The monoisotopic (exact) mass is 303 g/mol. The maximum absolute atomic E-state index is 12.3. The second-order valence-corrected chi connectivity index (χ2v) is 4.22. The third-order valence-corrected chi connectivity index (χ3v) is 2.82. The second kappa shape index (κ2) is 7.18. The van der Waals surface area contributed by atoms with Gasteiger partial charge in [-0.2, -0.15) is 14.0 Å². The first kappa shape index (κ1) is 15.4. The zero-order valence-corrected chi connectivity index (χ0v) is 11.3. The molecule has 0 unspecified atom stereocenters. The Hall–Kier alpha value is -2.94. The number of hydrogen-bond donors (Lipinski definition) is 0. The van der Waals surface area contributed by atoms with Gasteiger partial charge in [-0.25, -0.2) is 4.79 Å². The van der Waals surface area contributed by atoms with E-state index in [4.69, 9.17) is 10.00 Å². The van der Waals surface area contributed by atoms with E-state index >= 15 is 0 Å². The van der Waals surface area contributed by atoms with Crippen molar-refractivity contribution in [1.29, 1.82) is 5.26 Å². The highest BCUT2D eigenvalue weighted by atomic mass is 19.3. The minimum atomic E-state index is -3.03. The van der Waals surface area contributed by atoms with Gasteiger partial charge in [-0.1, -0.05) is 30.3 Å². The average Bonchev–Trinajstić information content (AvgIpc) is 2.52. The van der Waals surface area contributed by atoms with Crippen LogP contribution in [0, 0.1) is 11.3 Å². The number of hydrogen-bond acceptors (Lipinski definition) is 4. The van der Waals surface area contributed by atoms with Gasteiger partial charge in [0.1, 0.15) is 17.9 Å². The fourth-order valence-corrected chi connectivity index (χ4v) is 1.81. The Morgan fingerprint density at radius 1 is 1.14 bits per heavy atom. The topological polar surface area (TPSA) is 59.3 Å². The van der Waals surface area contributed by atoms with Gasteiger partial charge in [0, 0.05) is 5.56 Å². The Morgan fingerprint density at radius 2 is 1.82 bits per heavy atom. The molecule has 0 radical (unpaired) electrons. The molecule has 2 rings (SSSR count). The van der Waals surface area contributed by atoms with Crippen LogP contribution in [0.4, 0.5) is 8.78 Å². The number of esters is 1. The summed E-state index contributed by atoms with van der Waals surface area (Å²) in [6, 6.07) is 14.2. The fraction of sp³-hybridized carbons (Fsp3) is 0.125. The smallest absolute Gasteiger partial charge is 0.387 e. The predicted molar refractivity (Wildman–Crippen MR) is 73.4 cm³/mol. The number of alkyl halides is 2. The second-order valence-electron chi connectivity index (χ2n) is 4.22. The average molecular weight is 303 g/mol. The SMILES string of the molecule is N#Cc1ccccc1COC(=O)c1ccccc1OC(F)F. The van der Waals surface area contributed by atoms with E-state index in [1.807, 2.05) is 6.07 Å². The van der Waals surface area contributed by atoms with Crippen LogP contribution in [0.5, 0.6) is 5.75 Å². The Kier molecular flexibility index (Phi) is 5.04. The number of rotatable bonds is 5. The lowest BCUT2D eigenvalue weighted by Crippen LogP contribution is -2.10. The predicted octanol–water partition coefficient (Wildman–Crippen LogP) is 3.52. The molecule has 4 nitrogen and oxygen atoms in total. The highest BCUT2D eigenvalue weighted by Crippen LogP contribution is 2.21. The Bertz CT molecular complexity index is 711. The molecule has 0 aromatic heterocycles. The van der Waals surface area contributed by atoms with Crippen LogP contribution >= 0.6 is 0 Å². The molecule has 0 saturated carbocycles. The molecule has 0 amide bonds. The van der Waals surface area contributed by atoms with Crippen LogP contribution in [0.2, 0.25) is 0 Å². The van der Waals surface area contributed by atoms with Crippen LogP contribution in [0.15, 0.2) is 48.5 Å². The normalized spacial score (nSPS) is 10.1. The number of carbonyl (C=O) groups excluding carboxylic acids is 1. The lowest BCUT2D eigenvalue weighted by atomic mass is 10.1. The third-order valence-electron chi connectivity index (χ3n) is 2.82. The molecule has 0 heterocycles. The Labute approximate surface area is 125 Å². The van der Waals surface area contributed by atoms with Crippen molar-refractivity contribution in [2.45, 2.75) is 13.2 Å². The summed E-state index contributed by atoms with van der Waals surface area (Å²) in [6.07, 6.45) is 0. The standard InChI is InChI=1S/C16H11F2NO3/c17-16(18)22-14-8-4-3-7-13(14)15(20)21-10-12-6-2-1-5-11(12)9-19/h1-8,16H,10H2. The van der Waals surface area contributed by atoms with E-state index < -0.39 is 12.6 Å². The molecule has 112 valence electrons. The van der Waals surface area contributed by atoms with Crippen LogP contribution in [0.1, 0.15) is 21.5 Å². The first-order valence-corrected chi connectivity index (χ1v) is 6.31. The van der Waals surface area contributed by atoms with Crippen molar-refractivity contribution in [2.24, 2.45) is 0 Å². The highest BCUT2D eigenvalue weighted by molar-refractivity contribution is 5.92. The van der Waals surface area contributed by atoms with Crippen molar-refractivity contribution >= 4 is 5.97 Å². The first-order chi connectivity index (χ1) is 10.6. The molecular weight excluding hydrogens is 292 g/mol. The minimum Gasteiger partial charge on any atom is -0.457 e. The maximum atomic E-state index is 12.3. The summed E-state index contributed by atoms with van der Waals surface area (Å²) in [6.45, 7) is -3.17. The molecule has 2 aromatic rings. The molecule has 0 bridgehead atoms. The third kappa shape index (κ3) is 3.79. The molecule has 2 aromatic carbocycles. The first-order valence-electron chi connectivity index (χ1n) is 6.31. The number of para-hydroxylation sites is 1. The van der Waals surface area contributed by atoms with Crippen LogP contribution in [-0.4, -0.2) is 12.6 Å². The van der Waals surface area contributed by atoms with Crippen LogP contribution in [0.25, 0.3) is 0 Å². The van der Waals surface area contributed by atoms with E-state index in [9.17, 15) is 13.6 Å². The van der Waals surface area contributed by atoms with Gasteiger partial charge < -0.3 is 9.47 Å². The summed E-state index contributed by atoms with van der Waals surface area (Å²) in [5.74, 6) is -1.06. The zero-order valence-electron chi connectivity index (χ0n) is 11.3. The molecule has 0 saturated heterocycles. The number of ether oxygens (including phenoxy) is 2. The number of nitrogens with zero attached hydrogens (tertiary/aromatic N) is 1. The van der Waals surface area contributed by atoms with E-state index in [1.165, 1.54) is 24.3 Å². The Balaban J connectivity index is 2.12. The molecular formula is C16H11F2NO3. The van der Waals surface area contributed by atoms with Crippen LogP contribution in [0.3, 0.4) is 0 Å². The quantitative estimate of drug-likeness (QED) is 0.793. The van der Waals surface area contributed by atoms with Gasteiger partial charge in [0.2, 0.25) is 0 Å². The summed E-state index contributed by atoms with van der Waals surface area (Å²) in [5.41, 5.74) is 0.815. The lowest BCUT2D eigenvalue weighted by Gasteiger charge is -2.10. The molecule has 0 fully saturated rings. The number of nitriles is 1. The minimum absolute atomic E-state index is 0.0998. The molecule has 6 heteroatoms. The van der Waals surface area contributed by atoms with Gasteiger partial charge in [0.15, 0.2) is 0 Å². The fourth-order valence-electron chi connectivity index (χ4n) is 1.81. The van der Waals surface area contributed by atoms with Crippen molar-refractivity contribution in [3.05, 3.63) is 65.2 Å². The summed E-state index contributed by atoms with van der Waals surface area (Å²) >= 11 is 0. The maximum Gasteiger partial charge on any atom is 0.387 e. The largest absolute Gasteiger partial charge is 0.457 e. The number of benzene rings is 2. The van der Waals surface area contributed by atoms with Crippen LogP contribution < -0.4 is 4.74 Å². The van der Waals surface area contributed by atoms with E-state index in [-0.39, 0.29) is 17.9 Å². The summed E-state index contributed by atoms with van der Waals surface area (Å²) < 4.78 is 33.9. The summed E-state index contributed by atoms with van der Waals surface area (Å²) in [4.78, 5) is 12.0. The lowest BCUT2D eigenvalue weighted by molar-refractivity contribution is -0.0504. The molecule has 0 aliphatic heterocycles. The van der Waals surface area contributed by atoms with Crippen molar-refractivity contribution < 1.29 is 23.0 Å². The van der Waals surface area contributed by atoms with Crippen molar-refractivity contribution in [2.75, 3.05) is 0 Å². The Morgan fingerprint density at radius 3 is 2.55 bits per heavy atom. The van der Waals surface area contributed by atoms with Crippen molar-refractivity contribution in [3.63, 3.8) is 0 Å². The summed E-state index contributed by atoms with van der Waals surface area (Å²) in [7, 11) is 0. The highest BCUT2D eigenvalue weighted by Gasteiger charge is 2.17. The number of halogens is 2. The van der Waals surface area contributed by atoms with Gasteiger partial charge >= 0.3 is 12.6 Å². The van der Waals surface area contributed by atoms with Crippen LogP contribution in [-0.2, 0) is 11.3 Å². The van der Waals surface area contributed by atoms with E-state index in [2.05, 4.69) is 4.74 Å². The van der Waals surface area contributed by atoms with Gasteiger partial charge in [-0.05, 0) is 18.2 Å². The van der Waals surface area contributed by atoms with Gasteiger partial charge in [0.25, 0.3) is 0 Å². The van der Waals surface area contributed by atoms with Gasteiger partial charge in [0.05, 0.1) is 11.6 Å². The van der Waals surface area contributed by atoms with Crippen molar-refractivity contribution in [3.8, 4) is 11.8 Å². The molecule has 0 aliphatic carbocycles. The number of carbonyl (C=O) groups is 1. The molecule has 22 heavy (non-hydrogen) atoms. The molecule has 0 spiro atoms. The molecule has 0 N–H and O–H groups in total.